The van der Waals surface area contributed by atoms with Gasteiger partial charge in [-0.3, -0.25) is 10.1 Å². The maximum absolute atomic E-state index is 10.8. The van der Waals surface area contributed by atoms with E-state index in [0.29, 0.717) is 23.0 Å². The Morgan fingerprint density at radius 2 is 2.17 bits per heavy atom. The summed E-state index contributed by atoms with van der Waals surface area (Å²) in [6.07, 6.45) is 0. The van der Waals surface area contributed by atoms with Crippen molar-refractivity contribution in [1.29, 1.82) is 0 Å². The molecule has 94 valence electrons. The maximum Gasteiger partial charge on any atom is 0.292 e. The first-order chi connectivity index (χ1) is 8.56. The van der Waals surface area contributed by atoms with Crippen molar-refractivity contribution >= 4 is 23.0 Å². The van der Waals surface area contributed by atoms with E-state index in [1.807, 2.05) is 19.1 Å². The number of nitro benzene ring substituents is 1. The topological polar surface area (TPSA) is 68.3 Å². The molecule has 18 heavy (non-hydrogen) atoms. The van der Waals surface area contributed by atoms with Crippen LogP contribution in [-0.4, -0.2) is 4.92 Å². The summed E-state index contributed by atoms with van der Waals surface area (Å²) in [5.74, 6) is 1.51. The minimum absolute atomic E-state index is 0.0114. The van der Waals surface area contributed by atoms with Gasteiger partial charge in [-0.15, -0.1) is 0 Å². The molecule has 1 aromatic heterocycles. The van der Waals surface area contributed by atoms with Gasteiger partial charge >= 0.3 is 0 Å². The third kappa shape index (κ3) is 2.81. The van der Waals surface area contributed by atoms with Crippen LogP contribution in [0.25, 0.3) is 0 Å². The van der Waals surface area contributed by atoms with Gasteiger partial charge in [0.25, 0.3) is 5.69 Å². The van der Waals surface area contributed by atoms with Gasteiger partial charge in [-0.2, -0.15) is 0 Å². The van der Waals surface area contributed by atoms with E-state index in [9.17, 15) is 10.1 Å². The molecule has 1 heterocycles. The van der Waals surface area contributed by atoms with E-state index in [2.05, 4.69) is 5.32 Å². The van der Waals surface area contributed by atoms with Crippen molar-refractivity contribution in [3.63, 3.8) is 0 Å². The van der Waals surface area contributed by atoms with Crippen LogP contribution in [0.15, 0.2) is 34.7 Å². The lowest BCUT2D eigenvalue weighted by Gasteiger charge is -2.05. The van der Waals surface area contributed by atoms with Gasteiger partial charge in [0.15, 0.2) is 0 Å². The number of benzene rings is 1. The zero-order valence-corrected chi connectivity index (χ0v) is 10.4. The summed E-state index contributed by atoms with van der Waals surface area (Å²) < 4.78 is 5.37. The Balaban J connectivity index is 2.17. The Bertz CT molecular complexity index is 580. The van der Waals surface area contributed by atoms with Crippen molar-refractivity contribution in [2.24, 2.45) is 0 Å². The molecule has 0 atom stereocenters. The molecule has 6 heteroatoms. The quantitative estimate of drug-likeness (QED) is 0.676. The average molecular weight is 267 g/mol. The van der Waals surface area contributed by atoms with Crippen LogP contribution in [0.1, 0.15) is 11.5 Å². The summed E-state index contributed by atoms with van der Waals surface area (Å²) in [5.41, 5.74) is 0.365. The number of nitrogens with one attached hydrogen (secondary N) is 1. The first-order valence-corrected chi connectivity index (χ1v) is 5.67. The highest BCUT2D eigenvalue weighted by molar-refractivity contribution is 6.31. The van der Waals surface area contributed by atoms with Crippen LogP contribution in [0.4, 0.5) is 11.4 Å². The SMILES string of the molecule is Cc1ccc(CNc2cc(Cl)ccc2[N+](=O)[O-])o1. The predicted octanol–water partition coefficient (Wildman–Crippen LogP) is 3.76. The largest absolute Gasteiger partial charge is 0.465 e. The second kappa shape index (κ2) is 5.10. The normalized spacial score (nSPS) is 10.3. The molecule has 1 N–H and O–H groups in total. The molecule has 0 bridgehead atoms. The highest BCUT2D eigenvalue weighted by atomic mass is 35.5. The maximum atomic E-state index is 10.8. The number of aryl methyl sites for hydroxylation is 1. The Morgan fingerprint density at radius 3 is 2.78 bits per heavy atom. The first kappa shape index (κ1) is 12.4. The molecular formula is C12H11ClN2O3. The molecule has 0 unspecified atom stereocenters. The zero-order chi connectivity index (χ0) is 13.1. The van der Waals surface area contributed by atoms with Crippen LogP contribution in [0.2, 0.25) is 5.02 Å². The second-order valence-corrected chi connectivity index (χ2v) is 4.22. The van der Waals surface area contributed by atoms with E-state index in [-0.39, 0.29) is 5.69 Å². The number of hydrogen-bond acceptors (Lipinski definition) is 4. The van der Waals surface area contributed by atoms with Crippen molar-refractivity contribution in [2.45, 2.75) is 13.5 Å². The predicted molar refractivity (Wildman–Crippen MR) is 68.9 cm³/mol. The standard InChI is InChI=1S/C12H11ClN2O3/c1-8-2-4-10(18-8)7-14-11-6-9(13)3-5-12(11)15(16)17/h2-6,14H,7H2,1H3. The molecule has 0 spiro atoms. The van der Waals surface area contributed by atoms with Gasteiger partial charge in [0, 0.05) is 11.1 Å². The van der Waals surface area contributed by atoms with Gasteiger partial charge in [0.05, 0.1) is 11.5 Å². The van der Waals surface area contributed by atoms with E-state index in [4.69, 9.17) is 16.0 Å². The third-order valence-corrected chi connectivity index (χ3v) is 2.64. The fourth-order valence-electron chi connectivity index (χ4n) is 1.57. The Hall–Kier alpha value is -2.01. The van der Waals surface area contributed by atoms with Crippen molar-refractivity contribution in [1.82, 2.24) is 0 Å². The van der Waals surface area contributed by atoms with E-state index in [1.165, 1.54) is 18.2 Å². The number of halogens is 1. The number of nitrogens with zero attached hydrogens (tertiary/aromatic N) is 1. The molecule has 0 saturated carbocycles. The van der Waals surface area contributed by atoms with Crippen molar-refractivity contribution in [3.05, 3.63) is 57.0 Å². The van der Waals surface area contributed by atoms with Crippen LogP contribution in [0, 0.1) is 17.0 Å². The molecule has 2 rings (SSSR count). The molecule has 2 aromatic rings. The fraction of sp³-hybridized carbons (Fsp3) is 0.167. The molecular weight excluding hydrogens is 256 g/mol. The van der Waals surface area contributed by atoms with Gasteiger partial charge in [-0.05, 0) is 31.2 Å². The molecule has 0 saturated heterocycles. The zero-order valence-electron chi connectivity index (χ0n) is 9.64. The van der Waals surface area contributed by atoms with Crippen molar-refractivity contribution in [2.75, 3.05) is 5.32 Å². The number of nitro groups is 1. The van der Waals surface area contributed by atoms with Gasteiger partial charge < -0.3 is 9.73 Å². The number of hydrogen-bond donors (Lipinski definition) is 1. The van der Waals surface area contributed by atoms with Crippen LogP contribution in [0.3, 0.4) is 0 Å². The number of anilines is 1. The van der Waals surface area contributed by atoms with Crippen LogP contribution in [0.5, 0.6) is 0 Å². The Morgan fingerprint density at radius 1 is 1.39 bits per heavy atom. The molecule has 0 aliphatic rings. The highest BCUT2D eigenvalue weighted by Gasteiger charge is 2.13. The van der Waals surface area contributed by atoms with Crippen molar-refractivity contribution in [3.8, 4) is 0 Å². The van der Waals surface area contributed by atoms with Gasteiger partial charge in [-0.25, -0.2) is 0 Å². The number of rotatable bonds is 4. The lowest BCUT2D eigenvalue weighted by molar-refractivity contribution is -0.384. The van der Waals surface area contributed by atoms with E-state index in [1.54, 1.807) is 0 Å². The summed E-state index contributed by atoms with van der Waals surface area (Å²) >= 11 is 5.82. The fourth-order valence-corrected chi connectivity index (χ4v) is 1.74. The molecule has 0 fully saturated rings. The molecule has 0 aliphatic carbocycles. The third-order valence-electron chi connectivity index (χ3n) is 2.40. The summed E-state index contributed by atoms with van der Waals surface area (Å²) in [6.45, 7) is 2.21. The second-order valence-electron chi connectivity index (χ2n) is 3.78. The van der Waals surface area contributed by atoms with E-state index < -0.39 is 4.92 Å². The Labute approximate surface area is 109 Å². The van der Waals surface area contributed by atoms with Gasteiger partial charge in [-0.1, -0.05) is 11.6 Å². The smallest absolute Gasteiger partial charge is 0.292 e. The summed E-state index contributed by atoms with van der Waals surface area (Å²) in [4.78, 5) is 10.4. The van der Waals surface area contributed by atoms with Crippen LogP contribution >= 0.6 is 11.6 Å². The van der Waals surface area contributed by atoms with E-state index in [0.717, 1.165) is 5.76 Å². The highest BCUT2D eigenvalue weighted by Crippen LogP contribution is 2.28. The molecule has 0 amide bonds. The van der Waals surface area contributed by atoms with Gasteiger partial charge in [0.1, 0.15) is 17.2 Å². The number of furan rings is 1. The molecule has 5 nitrogen and oxygen atoms in total. The first-order valence-electron chi connectivity index (χ1n) is 5.29. The minimum atomic E-state index is -0.452. The van der Waals surface area contributed by atoms with Gasteiger partial charge in [0.2, 0.25) is 0 Å². The molecule has 0 radical (unpaired) electrons. The minimum Gasteiger partial charge on any atom is -0.465 e. The molecule has 1 aromatic carbocycles. The molecule has 0 aliphatic heterocycles. The lowest BCUT2D eigenvalue weighted by atomic mass is 10.2. The van der Waals surface area contributed by atoms with Crippen LogP contribution < -0.4 is 5.32 Å². The lowest BCUT2D eigenvalue weighted by Crippen LogP contribution is -2.01. The Kier molecular flexibility index (Phi) is 3.53. The summed E-state index contributed by atoms with van der Waals surface area (Å²) in [7, 11) is 0. The van der Waals surface area contributed by atoms with Crippen molar-refractivity contribution < 1.29 is 9.34 Å². The summed E-state index contributed by atoms with van der Waals surface area (Å²) in [6, 6.07) is 8.04. The van der Waals surface area contributed by atoms with Crippen LogP contribution in [-0.2, 0) is 6.54 Å². The monoisotopic (exact) mass is 266 g/mol. The van der Waals surface area contributed by atoms with E-state index >= 15 is 0 Å². The summed E-state index contributed by atoms with van der Waals surface area (Å²) in [5, 5.41) is 14.2. The average Bonchev–Trinajstić information content (AvgIpc) is 2.72.